The number of sulfonamides is 1. The van der Waals surface area contributed by atoms with Gasteiger partial charge in [0.25, 0.3) is 10.0 Å². The molecule has 0 bridgehead atoms. The SMILES string of the molecule is CCCNC(=O)[C@H](Cc1ccccc1)N(Cc1c(Cl)cccc1Cl)C(=O)CN(c1ccc(Oc2ccccc2)cc1)S(=O)(=O)c1ccc(C)cc1. The first kappa shape index (κ1) is 37.4. The van der Waals surface area contributed by atoms with E-state index < -0.39 is 28.5 Å². The van der Waals surface area contributed by atoms with Crippen LogP contribution in [0.15, 0.2) is 132 Å². The Morgan fingerprint density at radius 2 is 1.35 bits per heavy atom. The second-order valence-corrected chi connectivity index (χ2v) is 14.6. The molecule has 0 fully saturated rings. The molecule has 5 aromatic rings. The van der Waals surface area contributed by atoms with Gasteiger partial charge in [-0.2, -0.15) is 0 Å². The summed E-state index contributed by atoms with van der Waals surface area (Å²) in [6.45, 7) is 3.42. The van der Waals surface area contributed by atoms with Crippen LogP contribution in [0.3, 0.4) is 0 Å². The van der Waals surface area contributed by atoms with E-state index >= 15 is 0 Å². The van der Waals surface area contributed by atoms with Gasteiger partial charge in [0.05, 0.1) is 10.6 Å². The number of nitrogens with zero attached hydrogens (tertiary/aromatic N) is 2. The van der Waals surface area contributed by atoms with Crippen LogP contribution in [-0.4, -0.2) is 44.3 Å². The second-order valence-electron chi connectivity index (χ2n) is 12.0. The summed E-state index contributed by atoms with van der Waals surface area (Å²) >= 11 is 13.2. The number of hydrogen-bond donors (Lipinski definition) is 1. The fourth-order valence-electron chi connectivity index (χ4n) is 5.44. The van der Waals surface area contributed by atoms with Crippen LogP contribution in [0.4, 0.5) is 5.69 Å². The molecule has 264 valence electrons. The predicted octanol–water partition coefficient (Wildman–Crippen LogP) is 8.46. The Hall–Kier alpha value is -4.83. The summed E-state index contributed by atoms with van der Waals surface area (Å²) in [4.78, 5) is 30.0. The first-order valence-electron chi connectivity index (χ1n) is 16.5. The van der Waals surface area contributed by atoms with Crippen LogP contribution in [0.5, 0.6) is 11.5 Å². The van der Waals surface area contributed by atoms with Gasteiger partial charge in [0.1, 0.15) is 24.1 Å². The van der Waals surface area contributed by atoms with Gasteiger partial charge < -0.3 is 15.0 Å². The largest absolute Gasteiger partial charge is 0.457 e. The van der Waals surface area contributed by atoms with Gasteiger partial charge in [0, 0.05) is 35.1 Å². The Morgan fingerprint density at radius 3 is 1.96 bits per heavy atom. The normalized spacial score (nSPS) is 11.8. The monoisotopic (exact) mass is 743 g/mol. The van der Waals surface area contributed by atoms with Crippen LogP contribution >= 0.6 is 23.2 Å². The highest BCUT2D eigenvalue weighted by molar-refractivity contribution is 7.92. The number of hydrogen-bond acceptors (Lipinski definition) is 5. The smallest absolute Gasteiger partial charge is 0.264 e. The number of benzene rings is 5. The number of ether oxygens (including phenoxy) is 1. The van der Waals surface area contributed by atoms with Crippen molar-refractivity contribution in [3.8, 4) is 11.5 Å². The van der Waals surface area contributed by atoms with Gasteiger partial charge in [-0.25, -0.2) is 8.42 Å². The lowest BCUT2D eigenvalue weighted by atomic mass is 10.0. The van der Waals surface area contributed by atoms with Crippen molar-refractivity contribution in [2.45, 2.75) is 44.2 Å². The van der Waals surface area contributed by atoms with E-state index in [2.05, 4.69) is 5.32 Å². The van der Waals surface area contributed by atoms with E-state index in [9.17, 15) is 18.0 Å². The molecule has 0 saturated carbocycles. The van der Waals surface area contributed by atoms with Crippen LogP contribution in [-0.2, 0) is 32.6 Å². The van der Waals surface area contributed by atoms with Crippen LogP contribution in [0, 0.1) is 6.92 Å². The van der Waals surface area contributed by atoms with Crippen LogP contribution in [0.1, 0.15) is 30.0 Å². The second kappa shape index (κ2) is 17.4. The average molecular weight is 745 g/mol. The minimum atomic E-state index is -4.29. The fourth-order valence-corrected chi connectivity index (χ4v) is 7.38. The Balaban J connectivity index is 1.58. The van der Waals surface area contributed by atoms with Gasteiger partial charge in [0.15, 0.2) is 0 Å². The highest BCUT2D eigenvalue weighted by atomic mass is 35.5. The molecule has 5 aromatic carbocycles. The van der Waals surface area contributed by atoms with Crippen molar-refractivity contribution < 1.29 is 22.7 Å². The van der Waals surface area contributed by atoms with Crippen LogP contribution in [0.25, 0.3) is 0 Å². The van der Waals surface area contributed by atoms with Crippen LogP contribution in [0.2, 0.25) is 10.0 Å². The molecular weight excluding hydrogens is 705 g/mol. The maximum atomic E-state index is 14.7. The zero-order valence-corrected chi connectivity index (χ0v) is 30.7. The lowest BCUT2D eigenvalue weighted by Gasteiger charge is -2.34. The zero-order valence-electron chi connectivity index (χ0n) is 28.3. The van der Waals surface area contributed by atoms with E-state index in [4.69, 9.17) is 27.9 Å². The number of rotatable bonds is 15. The van der Waals surface area contributed by atoms with E-state index in [0.717, 1.165) is 15.4 Å². The van der Waals surface area contributed by atoms with Crippen molar-refractivity contribution in [3.63, 3.8) is 0 Å². The molecule has 0 heterocycles. The van der Waals surface area contributed by atoms with Crippen molar-refractivity contribution in [3.05, 3.63) is 154 Å². The minimum absolute atomic E-state index is 0.00716. The first-order valence-corrected chi connectivity index (χ1v) is 18.7. The summed E-state index contributed by atoms with van der Waals surface area (Å²) in [7, 11) is -4.29. The third-order valence-electron chi connectivity index (χ3n) is 8.20. The lowest BCUT2D eigenvalue weighted by molar-refractivity contribution is -0.140. The topological polar surface area (TPSA) is 96.0 Å². The number of nitrogens with one attached hydrogen (secondary N) is 1. The van der Waals surface area contributed by atoms with Crippen molar-refractivity contribution in [1.29, 1.82) is 0 Å². The molecule has 0 aliphatic carbocycles. The van der Waals surface area contributed by atoms with Crippen molar-refractivity contribution in [2.24, 2.45) is 0 Å². The molecule has 2 amide bonds. The van der Waals surface area contributed by atoms with E-state index in [-0.39, 0.29) is 29.5 Å². The van der Waals surface area contributed by atoms with E-state index in [1.807, 2.05) is 74.5 Å². The van der Waals surface area contributed by atoms with E-state index in [1.165, 1.54) is 17.0 Å². The van der Waals surface area contributed by atoms with Gasteiger partial charge in [-0.15, -0.1) is 0 Å². The Morgan fingerprint density at radius 1 is 0.765 bits per heavy atom. The molecule has 0 spiro atoms. The predicted molar refractivity (Wildman–Crippen MR) is 203 cm³/mol. The number of aryl methyl sites for hydroxylation is 1. The summed E-state index contributed by atoms with van der Waals surface area (Å²) in [6, 6.07) is 35.4. The van der Waals surface area contributed by atoms with Crippen LogP contribution < -0.4 is 14.4 Å². The van der Waals surface area contributed by atoms with E-state index in [1.54, 1.807) is 54.6 Å². The summed E-state index contributed by atoms with van der Waals surface area (Å²) in [6.07, 6.45) is 0.848. The number of para-hydroxylation sites is 1. The molecule has 1 N–H and O–H groups in total. The Bertz CT molecular complexity index is 2010. The minimum Gasteiger partial charge on any atom is -0.457 e. The molecule has 5 rings (SSSR count). The molecule has 0 aliphatic heterocycles. The van der Waals surface area contributed by atoms with Crippen molar-refractivity contribution >= 4 is 50.7 Å². The fraction of sp³-hybridized carbons (Fsp3) is 0.200. The molecule has 0 radical (unpaired) electrons. The summed E-state index contributed by atoms with van der Waals surface area (Å²) in [5, 5.41) is 3.55. The van der Waals surface area contributed by atoms with Gasteiger partial charge in [-0.1, -0.05) is 102 Å². The molecular formula is C40H39Cl2N3O5S. The summed E-state index contributed by atoms with van der Waals surface area (Å²) < 4.78 is 35.8. The maximum absolute atomic E-state index is 14.7. The third-order valence-corrected chi connectivity index (χ3v) is 10.7. The standard InChI is InChI=1S/C40H39Cl2N3O5S/c1-3-25-43-40(47)38(26-30-11-6-4-7-12-30)44(27-35-36(41)15-10-16-37(35)42)39(46)28-45(51(48,49)34-23-17-29(2)18-24-34)31-19-21-33(22-20-31)50-32-13-8-5-9-14-32/h4-24,38H,3,25-28H2,1-2H3,(H,43,47)/t38-/m0/s1. The molecule has 0 aromatic heterocycles. The lowest BCUT2D eigenvalue weighted by Crippen LogP contribution is -2.53. The molecule has 0 unspecified atom stereocenters. The number of halogens is 2. The maximum Gasteiger partial charge on any atom is 0.264 e. The highest BCUT2D eigenvalue weighted by Gasteiger charge is 2.35. The number of carbonyl (C=O) groups excluding carboxylic acids is 2. The van der Waals surface area contributed by atoms with Crippen molar-refractivity contribution in [1.82, 2.24) is 10.2 Å². The van der Waals surface area contributed by atoms with Gasteiger partial charge in [-0.3, -0.25) is 13.9 Å². The summed E-state index contributed by atoms with van der Waals surface area (Å²) in [5.74, 6) is 0.0881. The number of anilines is 1. The summed E-state index contributed by atoms with van der Waals surface area (Å²) in [5.41, 5.74) is 2.36. The Labute approximate surface area is 309 Å². The quantitative estimate of drug-likeness (QED) is 0.116. The van der Waals surface area contributed by atoms with Gasteiger partial charge in [-0.05, 0) is 79.6 Å². The third kappa shape index (κ3) is 9.70. The molecule has 8 nitrogen and oxygen atoms in total. The first-order chi connectivity index (χ1) is 24.6. The Kier molecular flexibility index (Phi) is 12.8. The molecule has 11 heteroatoms. The van der Waals surface area contributed by atoms with Gasteiger partial charge >= 0.3 is 0 Å². The van der Waals surface area contributed by atoms with Crippen molar-refractivity contribution in [2.75, 3.05) is 17.4 Å². The number of amides is 2. The molecule has 0 aliphatic rings. The zero-order chi connectivity index (χ0) is 36.4. The van der Waals surface area contributed by atoms with Gasteiger partial charge in [0.2, 0.25) is 11.8 Å². The van der Waals surface area contributed by atoms with E-state index in [0.29, 0.717) is 40.1 Å². The average Bonchev–Trinajstić information content (AvgIpc) is 3.13. The number of carbonyl (C=O) groups is 2. The highest BCUT2D eigenvalue weighted by Crippen LogP contribution is 2.31. The molecule has 51 heavy (non-hydrogen) atoms. The molecule has 0 saturated heterocycles. The molecule has 1 atom stereocenters.